The minimum atomic E-state index is -0.822. The molecule has 1 rings (SSSR count). The Labute approximate surface area is 118 Å². The number of pyridine rings is 1. The number of aromatic nitrogens is 1. The summed E-state index contributed by atoms with van der Waals surface area (Å²) in [6.07, 6.45) is 2.15. The van der Waals surface area contributed by atoms with Gasteiger partial charge in [-0.1, -0.05) is 5.16 Å². The number of amidine groups is 1. The predicted octanol–water partition coefficient (Wildman–Crippen LogP) is 0.0532. The molecule has 0 amide bonds. The number of nitrogens with zero attached hydrogens (tertiary/aromatic N) is 2. The van der Waals surface area contributed by atoms with Crippen molar-refractivity contribution in [3.63, 3.8) is 0 Å². The van der Waals surface area contributed by atoms with E-state index in [4.69, 9.17) is 15.7 Å². The maximum atomic E-state index is 10.1. The zero-order valence-corrected chi connectivity index (χ0v) is 11.8. The highest BCUT2D eigenvalue weighted by Crippen LogP contribution is 2.08. The van der Waals surface area contributed by atoms with Crippen molar-refractivity contribution in [3.8, 4) is 0 Å². The summed E-state index contributed by atoms with van der Waals surface area (Å²) < 4.78 is 4.95. The van der Waals surface area contributed by atoms with E-state index in [1.165, 1.54) is 0 Å². The summed E-state index contributed by atoms with van der Waals surface area (Å²) in [4.78, 5) is 4.00. The molecule has 1 unspecified atom stereocenters. The van der Waals surface area contributed by atoms with Gasteiger partial charge in [-0.15, -0.1) is 0 Å². The Kier molecular flexibility index (Phi) is 6.37. The van der Waals surface area contributed by atoms with Gasteiger partial charge in [0.2, 0.25) is 0 Å². The molecule has 1 atom stereocenters. The van der Waals surface area contributed by atoms with Gasteiger partial charge in [0.1, 0.15) is 5.69 Å². The van der Waals surface area contributed by atoms with Gasteiger partial charge in [-0.05, 0) is 24.6 Å². The second-order valence-electron chi connectivity index (χ2n) is 4.88. The van der Waals surface area contributed by atoms with Crippen LogP contribution in [0.3, 0.4) is 0 Å². The molecule has 7 heteroatoms. The van der Waals surface area contributed by atoms with Crippen molar-refractivity contribution in [1.29, 1.82) is 0 Å². The summed E-state index contributed by atoms with van der Waals surface area (Å²) in [6.45, 7) is 3.26. The minimum absolute atomic E-state index is 0.0288. The van der Waals surface area contributed by atoms with E-state index in [1.54, 1.807) is 26.3 Å². The Bertz CT molecular complexity index is 449. The highest BCUT2D eigenvalue weighted by Gasteiger charge is 2.19. The smallest absolute Gasteiger partial charge is 0.188 e. The van der Waals surface area contributed by atoms with Gasteiger partial charge >= 0.3 is 0 Å². The number of nitrogens with one attached hydrogen (secondary N) is 1. The fraction of sp³-hybridized carbons (Fsp3) is 0.538. The molecule has 1 heterocycles. The molecule has 0 saturated heterocycles. The average molecular weight is 282 g/mol. The van der Waals surface area contributed by atoms with Gasteiger partial charge in [0.25, 0.3) is 0 Å². The lowest BCUT2D eigenvalue weighted by molar-refractivity contribution is 0.0247. The number of nitrogens with two attached hydrogens (primary N) is 1. The number of hydrogen-bond donors (Lipinski definition) is 4. The van der Waals surface area contributed by atoms with Crippen molar-refractivity contribution >= 4 is 5.84 Å². The molecule has 1 aromatic rings. The third kappa shape index (κ3) is 5.52. The summed E-state index contributed by atoms with van der Waals surface area (Å²) in [5, 5.41) is 24.8. The molecule has 0 radical (unpaired) electrons. The van der Waals surface area contributed by atoms with Crippen molar-refractivity contribution < 1.29 is 15.1 Å². The maximum absolute atomic E-state index is 10.1. The first kappa shape index (κ1) is 16.4. The van der Waals surface area contributed by atoms with Gasteiger partial charge in [0.15, 0.2) is 5.84 Å². The molecule has 5 N–H and O–H groups in total. The van der Waals surface area contributed by atoms with Crippen molar-refractivity contribution in [2.45, 2.75) is 25.5 Å². The van der Waals surface area contributed by atoms with E-state index in [2.05, 4.69) is 15.5 Å². The Morgan fingerprint density at radius 1 is 1.60 bits per heavy atom. The molecular formula is C13H22N4O3. The standard InChI is InChI=1S/C13H22N4O3/c1-13(18,4-6-20-2)9-15-8-10-3-5-16-11(7-10)12(14)17-19/h3,5,7,15,18-19H,4,6,8-9H2,1-2H3,(H2,14,17). The van der Waals surface area contributed by atoms with Gasteiger partial charge in [-0.2, -0.15) is 0 Å². The predicted molar refractivity (Wildman–Crippen MR) is 75.6 cm³/mol. The second-order valence-corrected chi connectivity index (χ2v) is 4.88. The van der Waals surface area contributed by atoms with Crippen LogP contribution in [-0.4, -0.2) is 47.0 Å². The van der Waals surface area contributed by atoms with Gasteiger partial charge in [-0.25, -0.2) is 0 Å². The molecule has 1 aromatic heterocycles. The van der Waals surface area contributed by atoms with Crippen LogP contribution < -0.4 is 11.1 Å². The Hall–Kier alpha value is -1.70. The second kappa shape index (κ2) is 7.78. The molecule has 0 aliphatic heterocycles. The van der Waals surface area contributed by atoms with Crippen LogP contribution in [0.2, 0.25) is 0 Å². The molecular weight excluding hydrogens is 260 g/mol. The number of hydrogen-bond acceptors (Lipinski definition) is 6. The van der Waals surface area contributed by atoms with Gasteiger partial charge in [-0.3, -0.25) is 4.98 Å². The van der Waals surface area contributed by atoms with E-state index < -0.39 is 5.60 Å². The van der Waals surface area contributed by atoms with Gasteiger partial charge < -0.3 is 26.1 Å². The molecule has 7 nitrogen and oxygen atoms in total. The Morgan fingerprint density at radius 2 is 2.35 bits per heavy atom. The zero-order chi connectivity index (χ0) is 15.0. The first-order valence-corrected chi connectivity index (χ1v) is 6.33. The molecule has 0 spiro atoms. The summed E-state index contributed by atoms with van der Waals surface area (Å²) in [5.41, 5.74) is 6.01. The van der Waals surface area contributed by atoms with Crippen molar-refractivity contribution in [1.82, 2.24) is 10.3 Å². The van der Waals surface area contributed by atoms with E-state index in [9.17, 15) is 5.11 Å². The lowest BCUT2D eigenvalue weighted by Gasteiger charge is -2.23. The van der Waals surface area contributed by atoms with E-state index in [0.29, 0.717) is 31.8 Å². The topological polar surface area (TPSA) is 113 Å². The third-order valence-corrected chi connectivity index (χ3v) is 2.87. The van der Waals surface area contributed by atoms with Crippen molar-refractivity contribution in [2.24, 2.45) is 10.9 Å². The van der Waals surface area contributed by atoms with Crippen LogP contribution in [-0.2, 0) is 11.3 Å². The van der Waals surface area contributed by atoms with Crippen LogP contribution >= 0.6 is 0 Å². The summed E-state index contributed by atoms with van der Waals surface area (Å²) in [5.74, 6) is -0.0288. The van der Waals surface area contributed by atoms with Gasteiger partial charge in [0.05, 0.1) is 5.60 Å². The number of ether oxygens (including phenoxy) is 1. The van der Waals surface area contributed by atoms with Crippen molar-refractivity contribution in [3.05, 3.63) is 29.6 Å². The lowest BCUT2D eigenvalue weighted by atomic mass is 10.0. The molecule has 20 heavy (non-hydrogen) atoms. The fourth-order valence-electron chi connectivity index (χ4n) is 1.66. The number of rotatable bonds is 8. The maximum Gasteiger partial charge on any atom is 0.188 e. The van der Waals surface area contributed by atoms with E-state index in [0.717, 1.165) is 5.56 Å². The molecule has 112 valence electrons. The third-order valence-electron chi connectivity index (χ3n) is 2.87. The molecule has 0 aromatic carbocycles. The van der Waals surface area contributed by atoms with Crippen LogP contribution in [0.4, 0.5) is 0 Å². The van der Waals surface area contributed by atoms with Crippen LogP contribution in [0, 0.1) is 0 Å². The SMILES string of the molecule is COCCC(C)(O)CNCc1ccnc(/C(N)=N/O)c1. The van der Waals surface area contributed by atoms with Crippen LogP contribution in [0.25, 0.3) is 0 Å². The van der Waals surface area contributed by atoms with Crippen LogP contribution in [0.5, 0.6) is 0 Å². The Balaban J connectivity index is 2.50. The zero-order valence-electron chi connectivity index (χ0n) is 11.8. The summed E-state index contributed by atoms with van der Waals surface area (Å²) in [6, 6.07) is 3.55. The number of aliphatic hydroxyl groups is 1. The number of oxime groups is 1. The molecule has 0 bridgehead atoms. The molecule has 0 aliphatic rings. The normalized spacial score (nSPS) is 15.1. The van der Waals surface area contributed by atoms with Gasteiger partial charge in [0, 0.05) is 39.4 Å². The van der Waals surface area contributed by atoms with E-state index in [-0.39, 0.29) is 5.84 Å². The van der Waals surface area contributed by atoms with E-state index in [1.807, 2.05) is 6.07 Å². The van der Waals surface area contributed by atoms with Crippen LogP contribution in [0.1, 0.15) is 24.6 Å². The van der Waals surface area contributed by atoms with E-state index >= 15 is 0 Å². The molecule has 0 saturated carbocycles. The summed E-state index contributed by atoms with van der Waals surface area (Å²) in [7, 11) is 1.61. The van der Waals surface area contributed by atoms with Crippen LogP contribution in [0.15, 0.2) is 23.5 Å². The Morgan fingerprint density at radius 3 is 3.00 bits per heavy atom. The summed E-state index contributed by atoms with van der Waals surface area (Å²) >= 11 is 0. The number of methoxy groups -OCH3 is 1. The molecule has 0 aliphatic carbocycles. The molecule has 0 fully saturated rings. The monoisotopic (exact) mass is 282 g/mol. The fourth-order valence-corrected chi connectivity index (χ4v) is 1.66. The highest BCUT2D eigenvalue weighted by atomic mass is 16.5. The minimum Gasteiger partial charge on any atom is -0.409 e. The average Bonchev–Trinajstić information content (AvgIpc) is 2.44. The largest absolute Gasteiger partial charge is 0.409 e. The van der Waals surface area contributed by atoms with Crippen molar-refractivity contribution in [2.75, 3.05) is 20.3 Å². The first-order valence-electron chi connectivity index (χ1n) is 6.33. The highest BCUT2D eigenvalue weighted by molar-refractivity contribution is 5.95. The quantitative estimate of drug-likeness (QED) is 0.232. The first-order chi connectivity index (χ1) is 9.48. The lowest BCUT2D eigenvalue weighted by Crippen LogP contribution is -2.38.